The predicted octanol–water partition coefficient (Wildman–Crippen LogP) is 3.79. The van der Waals surface area contributed by atoms with Crippen molar-refractivity contribution < 1.29 is 23.1 Å². The van der Waals surface area contributed by atoms with Crippen LogP contribution in [0, 0.1) is 11.6 Å². The van der Waals surface area contributed by atoms with Crippen molar-refractivity contribution in [2.45, 2.75) is 6.61 Å². The van der Waals surface area contributed by atoms with Gasteiger partial charge in [-0.3, -0.25) is 0 Å². The van der Waals surface area contributed by atoms with Crippen LogP contribution in [0.4, 0.5) is 8.78 Å². The fourth-order valence-electron chi connectivity index (χ4n) is 2.37. The second-order valence-electron chi connectivity index (χ2n) is 4.83. The van der Waals surface area contributed by atoms with Crippen molar-refractivity contribution in [2.24, 2.45) is 0 Å². The lowest BCUT2D eigenvalue weighted by Gasteiger charge is -2.06. The van der Waals surface area contributed by atoms with Crippen molar-refractivity contribution >= 4 is 0 Å². The SMILES string of the molecule is COc1ccccc1-c1onc(-c2ccc(F)c(F)c2)c1CO. The number of benzene rings is 2. The third kappa shape index (κ3) is 2.68. The van der Waals surface area contributed by atoms with Gasteiger partial charge in [-0.15, -0.1) is 0 Å². The first kappa shape index (κ1) is 15.2. The zero-order chi connectivity index (χ0) is 16.4. The molecule has 0 spiro atoms. The number of ether oxygens (including phenoxy) is 1. The highest BCUT2D eigenvalue weighted by Gasteiger charge is 2.21. The van der Waals surface area contributed by atoms with Gasteiger partial charge in [0.2, 0.25) is 0 Å². The van der Waals surface area contributed by atoms with Gasteiger partial charge in [0.15, 0.2) is 17.4 Å². The number of para-hydroxylation sites is 1. The van der Waals surface area contributed by atoms with Crippen molar-refractivity contribution in [3.8, 4) is 28.3 Å². The molecule has 4 nitrogen and oxygen atoms in total. The summed E-state index contributed by atoms with van der Waals surface area (Å²) in [4.78, 5) is 0. The second-order valence-corrected chi connectivity index (χ2v) is 4.83. The number of nitrogens with zero attached hydrogens (tertiary/aromatic N) is 1. The number of aliphatic hydroxyl groups excluding tert-OH is 1. The van der Waals surface area contributed by atoms with E-state index in [-0.39, 0.29) is 12.3 Å². The highest BCUT2D eigenvalue weighted by Crippen LogP contribution is 2.37. The molecular formula is C17H13F2NO3. The van der Waals surface area contributed by atoms with Crippen LogP contribution in [-0.2, 0) is 6.61 Å². The molecule has 0 saturated carbocycles. The highest BCUT2D eigenvalue weighted by atomic mass is 19.2. The fourth-order valence-corrected chi connectivity index (χ4v) is 2.37. The lowest BCUT2D eigenvalue weighted by molar-refractivity contribution is 0.281. The lowest BCUT2D eigenvalue weighted by Crippen LogP contribution is -1.93. The van der Waals surface area contributed by atoms with Crippen LogP contribution < -0.4 is 4.74 Å². The molecule has 118 valence electrons. The van der Waals surface area contributed by atoms with Crippen LogP contribution in [0.3, 0.4) is 0 Å². The Labute approximate surface area is 130 Å². The van der Waals surface area contributed by atoms with E-state index in [1.165, 1.54) is 13.2 Å². The minimum Gasteiger partial charge on any atom is -0.496 e. The first-order chi connectivity index (χ1) is 11.2. The molecule has 0 saturated heterocycles. The van der Waals surface area contributed by atoms with E-state index < -0.39 is 11.6 Å². The van der Waals surface area contributed by atoms with E-state index in [1.807, 2.05) is 0 Å². The molecule has 0 aliphatic rings. The van der Waals surface area contributed by atoms with Gasteiger partial charge in [-0.25, -0.2) is 8.78 Å². The molecular weight excluding hydrogens is 304 g/mol. The summed E-state index contributed by atoms with van der Waals surface area (Å²) in [6.45, 7) is -0.370. The molecule has 3 aromatic rings. The Morgan fingerprint density at radius 1 is 1.13 bits per heavy atom. The average molecular weight is 317 g/mol. The van der Waals surface area contributed by atoms with Crippen LogP contribution in [-0.4, -0.2) is 17.4 Å². The standard InChI is InChI=1S/C17H13F2NO3/c1-22-15-5-3-2-4-11(15)17-12(9-21)16(20-23-17)10-6-7-13(18)14(19)8-10/h2-8,21H,9H2,1H3. The largest absolute Gasteiger partial charge is 0.496 e. The van der Waals surface area contributed by atoms with Gasteiger partial charge in [-0.2, -0.15) is 0 Å². The maximum atomic E-state index is 13.4. The van der Waals surface area contributed by atoms with E-state index in [4.69, 9.17) is 9.26 Å². The van der Waals surface area contributed by atoms with Gasteiger partial charge in [-0.1, -0.05) is 17.3 Å². The van der Waals surface area contributed by atoms with E-state index in [2.05, 4.69) is 5.16 Å². The van der Waals surface area contributed by atoms with E-state index in [0.717, 1.165) is 12.1 Å². The van der Waals surface area contributed by atoms with Crippen molar-refractivity contribution in [1.29, 1.82) is 0 Å². The van der Waals surface area contributed by atoms with Crippen LogP contribution in [0.5, 0.6) is 5.75 Å². The first-order valence-electron chi connectivity index (χ1n) is 6.84. The van der Waals surface area contributed by atoms with Gasteiger partial charge in [0, 0.05) is 5.56 Å². The number of hydrogen-bond donors (Lipinski definition) is 1. The highest BCUT2D eigenvalue weighted by molar-refractivity contribution is 5.75. The number of rotatable bonds is 4. The molecule has 0 aliphatic heterocycles. The minimum absolute atomic E-state index is 0.257. The Bertz CT molecular complexity index is 846. The molecule has 0 atom stereocenters. The van der Waals surface area contributed by atoms with Gasteiger partial charge in [0.1, 0.15) is 11.4 Å². The summed E-state index contributed by atoms with van der Waals surface area (Å²) in [7, 11) is 1.52. The normalized spacial score (nSPS) is 10.8. The fraction of sp³-hybridized carbons (Fsp3) is 0.118. The van der Waals surface area contributed by atoms with Crippen molar-refractivity contribution in [1.82, 2.24) is 5.16 Å². The first-order valence-corrected chi connectivity index (χ1v) is 6.84. The van der Waals surface area contributed by atoms with Crippen LogP contribution >= 0.6 is 0 Å². The molecule has 1 aromatic heterocycles. The predicted molar refractivity (Wildman–Crippen MR) is 79.8 cm³/mol. The summed E-state index contributed by atoms with van der Waals surface area (Å²) < 4.78 is 37.1. The summed E-state index contributed by atoms with van der Waals surface area (Å²) >= 11 is 0. The number of halogens is 2. The molecule has 6 heteroatoms. The number of hydrogen-bond acceptors (Lipinski definition) is 4. The monoisotopic (exact) mass is 317 g/mol. The number of aromatic nitrogens is 1. The Hall–Kier alpha value is -2.73. The second kappa shape index (κ2) is 6.18. The topological polar surface area (TPSA) is 55.5 Å². The Balaban J connectivity index is 2.15. The summed E-state index contributed by atoms with van der Waals surface area (Å²) in [5.41, 5.74) is 1.56. The van der Waals surface area contributed by atoms with Crippen molar-refractivity contribution in [3.05, 3.63) is 59.7 Å². The van der Waals surface area contributed by atoms with Gasteiger partial charge >= 0.3 is 0 Å². The maximum Gasteiger partial charge on any atom is 0.176 e. The number of aliphatic hydroxyl groups is 1. The van der Waals surface area contributed by atoms with E-state index in [9.17, 15) is 13.9 Å². The van der Waals surface area contributed by atoms with E-state index >= 15 is 0 Å². The molecule has 0 radical (unpaired) electrons. The van der Waals surface area contributed by atoms with E-state index in [0.29, 0.717) is 28.2 Å². The minimum atomic E-state index is -0.992. The quantitative estimate of drug-likeness (QED) is 0.795. The van der Waals surface area contributed by atoms with Crippen molar-refractivity contribution in [2.75, 3.05) is 7.11 Å². The van der Waals surface area contributed by atoms with Crippen LogP contribution in [0.25, 0.3) is 22.6 Å². The molecule has 0 aliphatic carbocycles. The molecule has 1 heterocycles. The van der Waals surface area contributed by atoms with Crippen LogP contribution in [0.15, 0.2) is 47.0 Å². The van der Waals surface area contributed by atoms with Gasteiger partial charge in [0.05, 0.1) is 24.8 Å². The third-order valence-corrected chi connectivity index (χ3v) is 3.49. The Morgan fingerprint density at radius 2 is 1.91 bits per heavy atom. The zero-order valence-corrected chi connectivity index (χ0v) is 12.2. The molecule has 23 heavy (non-hydrogen) atoms. The summed E-state index contributed by atoms with van der Waals surface area (Å²) in [5, 5.41) is 13.6. The molecule has 3 rings (SSSR count). The Morgan fingerprint density at radius 3 is 2.61 bits per heavy atom. The Kier molecular flexibility index (Phi) is 4.08. The van der Waals surface area contributed by atoms with Gasteiger partial charge in [-0.05, 0) is 30.3 Å². The smallest absolute Gasteiger partial charge is 0.176 e. The third-order valence-electron chi connectivity index (χ3n) is 3.49. The van der Waals surface area contributed by atoms with E-state index in [1.54, 1.807) is 24.3 Å². The summed E-state index contributed by atoms with van der Waals surface area (Å²) in [5.74, 6) is -1.07. The maximum absolute atomic E-state index is 13.4. The molecule has 1 N–H and O–H groups in total. The van der Waals surface area contributed by atoms with Gasteiger partial charge in [0.25, 0.3) is 0 Å². The lowest BCUT2D eigenvalue weighted by atomic mass is 10.0. The van der Waals surface area contributed by atoms with Gasteiger partial charge < -0.3 is 14.4 Å². The van der Waals surface area contributed by atoms with Crippen LogP contribution in [0.1, 0.15) is 5.56 Å². The molecule has 0 bridgehead atoms. The molecule has 0 amide bonds. The average Bonchev–Trinajstić information content (AvgIpc) is 3.01. The number of methoxy groups -OCH3 is 1. The molecule has 0 unspecified atom stereocenters. The zero-order valence-electron chi connectivity index (χ0n) is 12.2. The summed E-state index contributed by atoms with van der Waals surface area (Å²) in [6.07, 6.45) is 0. The molecule has 0 fully saturated rings. The molecule has 2 aromatic carbocycles. The van der Waals surface area contributed by atoms with Crippen LogP contribution in [0.2, 0.25) is 0 Å². The summed E-state index contributed by atoms with van der Waals surface area (Å²) in [6, 6.07) is 10.5. The van der Waals surface area contributed by atoms with Crippen molar-refractivity contribution in [3.63, 3.8) is 0 Å².